The number of epoxide rings is 1. The number of hydrogen-bond donors (Lipinski definition) is 0. The Bertz CT molecular complexity index is 295. The molecule has 1 nitrogen and oxygen atoms in total. The number of unbranched alkanes of at least 4 members (excludes halogenated alkanes) is 5. The van der Waals surface area contributed by atoms with Gasteiger partial charge in [-0.3, -0.25) is 0 Å². The fourth-order valence-corrected chi connectivity index (χ4v) is 24.9. The van der Waals surface area contributed by atoms with Crippen LogP contribution in [0.4, 0.5) is 0 Å². The van der Waals surface area contributed by atoms with Crippen molar-refractivity contribution in [3.05, 3.63) is 0 Å². The van der Waals surface area contributed by atoms with Gasteiger partial charge in [-0.15, -0.1) is 0 Å². The van der Waals surface area contributed by atoms with Gasteiger partial charge in [0.05, 0.1) is 0 Å². The van der Waals surface area contributed by atoms with Gasteiger partial charge in [-0.05, 0) is 0 Å². The Morgan fingerprint density at radius 3 is 1.54 bits per heavy atom. The Hall–Kier alpha value is 0.759. The first-order valence-corrected chi connectivity index (χ1v) is 18.8. The van der Waals surface area contributed by atoms with E-state index in [1.807, 2.05) is 0 Å². The van der Waals surface area contributed by atoms with Crippen molar-refractivity contribution in [3.8, 4) is 0 Å². The molecule has 0 unspecified atom stereocenters. The number of rotatable bonds is 16. The normalized spacial score (nSPS) is 23.6. The molecule has 1 aliphatic heterocycles. The van der Waals surface area contributed by atoms with E-state index < -0.39 is 18.4 Å². The van der Waals surface area contributed by atoms with Crippen LogP contribution in [-0.2, 0) is 4.74 Å². The molecule has 24 heavy (non-hydrogen) atoms. The van der Waals surface area contributed by atoms with E-state index in [9.17, 15) is 0 Å². The van der Waals surface area contributed by atoms with Crippen LogP contribution in [0.2, 0.25) is 13.3 Å². The third kappa shape index (κ3) is 5.89. The fraction of sp³-hybridized carbons (Fsp3) is 1.00. The van der Waals surface area contributed by atoms with E-state index >= 15 is 0 Å². The van der Waals surface area contributed by atoms with E-state index in [-0.39, 0.29) is 0 Å². The first kappa shape index (κ1) is 22.8. The Morgan fingerprint density at radius 1 is 0.667 bits per heavy atom. The van der Waals surface area contributed by atoms with Crippen molar-refractivity contribution < 1.29 is 4.74 Å². The summed E-state index contributed by atoms with van der Waals surface area (Å²) in [6, 6.07) is 0. The quantitative estimate of drug-likeness (QED) is 0.174. The Labute approximate surface area is 157 Å². The summed E-state index contributed by atoms with van der Waals surface area (Å²) < 4.78 is 12.0. The van der Waals surface area contributed by atoms with Crippen molar-refractivity contribution >= 4 is 18.4 Å². The molecule has 1 aliphatic rings. The second-order valence-electron chi connectivity index (χ2n) is 8.33. The van der Waals surface area contributed by atoms with E-state index in [2.05, 4.69) is 34.6 Å². The molecular formula is C22H46OSn. The van der Waals surface area contributed by atoms with Gasteiger partial charge in [0.15, 0.2) is 0 Å². The van der Waals surface area contributed by atoms with Gasteiger partial charge in [0, 0.05) is 0 Å². The zero-order valence-electron chi connectivity index (χ0n) is 17.6. The van der Waals surface area contributed by atoms with E-state index in [4.69, 9.17) is 4.74 Å². The van der Waals surface area contributed by atoms with Crippen LogP contribution in [0.15, 0.2) is 0 Å². The Balaban J connectivity index is 3.02. The van der Waals surface area contributed by atoms with Gasteiger partial charge in [-0.25, -0.2) is 0 Å². The van der Waals surface area contributed by atoms with Gasteiger partial charge < -0.3 is 0 Å². The summed E-state index contributed by atoms with van der Waals surface area (Å²) in [6.45, 7) is 11.8. The monoisotopic (exact) mass is 446 g/mol. The summed E-state index contributed by atoms with van der Waals surface area (Å²) in [5, 5.41) is 0. The second kappa shape index (κ2) is 12.2. The van der Waals surface area contributed by atoms with Crippen LogP contribution in [0.1, 0.15) is 112 Å². The predicted molar refractivity (Wildman–Crippen MR) is 112 cm³/mol. The van der Waals surface area contributed by atoms with Crippen molar-refractivity contribution in [3.63, 3.8) is 0 Å². The van der Waals surface area contributed by atoms with Gasteiger partial charge >= 0.3 is 158 Å². The van der Waals surface area contributed by atoms with Crippen LogP contribution in [-0.4, -0.2) is 28.1 Å². The molecule has 0 amide bonds. The molecule has 1 saturated heterocycles. The van der Waals surface area contributed by atoms with E-state index in [0.717, 1.165) is 0 Å². The summed E-state index contributed by atoms with van der Waals surface area (Å²) in [5.74, 6) is 0. The number of ether oxygens (including phenoxy) is 1. The molecule has 1 fully saturated rings. The van der Waals surface area contributed by atoms with Gasteiger partial charge in [-0.2, -0.15) is 0 Å². The van der Waals surface area contributed by atoms with Gasteiger partial charge in [0.25, 0.3) is 0 Å². The third-order valence-corrected chi connectivity index (χ3v) is 24.8. The average molecular weight is 445 g/mol. The summed E-state index contributed by atoms with van der Waals surface area (Å²) in [5.41, 5.74) is 0. The van der Waals surface area contributed by atoms with Crippen LogP contribution in [0, 0.1) is 0 Å². The molecule has 144 valence electrons. The van der Waals surface area contributed by atoms with Crippen molar-refractivity contribution in [2.75, 3.05) is 0 Å². The summed E-state index contributed by atoms with van der Waals surface area (Å²) in [6.07, 6.45) is 17.4. The molecule has 2 atom stereocenters. The molecule has 1 rings (SSSR count). The van der Waals surface area contributed by atoms with Crippen LogP contribution >= 0.6 is 0 Å². The topological polar surface area (TPSA) is 12.5 Å². The first-order chi connectivity index (χ1) is 11.7. The summed E-state index contributed by atoms with van der Waals surface area (Å²) >= 11 is -2.27. The molecule has 0 radical (unpaired) electrons. The van der Waals surface area contributed by atoms with Crippen molar-refractivity contribution in [1.82, 2.24) is 0 Å². The summed E-state index contributed by atoms with van der Waals surface area (Å²) in [4.78, 5) is 0. The summed E-state index contributed by atoms with van der Waals surface area (Å²) in [7, 11) is 0. The molecule has 0 aromatic rings. The van der Waals surface area contributed by atoms with Crippen LogP contribution in [0.5, 0.6) is 0 Å². The standard InChI is InChI=1S/C10H19O.3C4H9.Sn/c1-3-5-7-9-10(11-9)8-6-4-2;3*1-3-4-2;/h9H,3-8H2,1-2H3;3*1,3-4H2,2H3;/t9-;;;;/m1..../s1. The van der Waals surface area contributed by atoms with Crippen molar-refractivity contribution in [1.29, 1.82) is 0 Å². The Morgan fingerprint density at radius 2 is 1.12 bits per heavy atom. The fourth-order valence-electron chi connectivity index (χ4n) is 4.85. The van der Waals surface area contributed by atoms with E-state index in [0.29, 0.717) is 9.72 Å². The number of hydrogen-bond acceptors (Lipinski definition) is 1. The molecule has 1 heterocycles. The minimum atomic E-state index is -2.27. The van der Waals surface area contributed by atoms with Gasteiger partial charge in [0.1, 0.15) is 0 Å². The zero-order chi connectivity index (χ0) is 17.9. The molecule has 0 spiro atoms. The van der Waals surface area contributed by atoms with Gasteiger partial charge in [-0.1, -0.05) is 0 Å². The van der Waals surface area contributed by atoms with E-state index in [1.165, 1.54) is 77.0 Å². The third-order valence-electron chi connectivity index (χ3n) is 6.46. The minimum absolute atomic E-state index is 0.444. The molecule has 0 bridgehead atoms. The van der Waals surface area contributed by atoms with Crippen LogP contribution < -0.4 is 0 Å². The average Bonchev–Trinajstić information content (AvgIpc) is 3.32. The zero-order valence-corrected chi connectivity index (χ0v) is 20.4. The molecule has 2 heteroatoms. The van der Waals surface area contributed by atoms with Crippen LogP contribution in [0.3, 0.4) is 0 Å². The molecule has 0 aliphatic carbocycles. The molecule has 0 aromatic heterocycles. The molecule has 0 N–H and O–H groups in total. The van der Waals surface area contributed by atoms with Crippen LogP contribution in [0.25, 0.3) is 0 Å². The molecule has 0 saturated carbocycles. The second-order valence-corrected chi connectivity index (χ2v) is 22.3. The molecule has 0 aromatic carbocycles. The van der Waals surface area contributed by atoms with Crippen molar-refractivity contribution in [2.45, 2.75) is 135 Å². The van der Waals surface area contributed by atoms with Crippen molar-refractivity contribution in [2.24, 2.45) is 0 Å². The van der Waals surface area contributed by atoms with E-state index in [1.54, 1.807) is 13.3 Å². The Kier molecular flexibility index (Phi) is 11.6. The molecular weight excluding hydrogens is 399 g/mol. The predicted octanol–water partition coefficient (Wildman–Crippen LogP) is 7.89. The maximum absolute atomic E-state index is 6.76. The SMILES string of the molecule is CCCC[C@H]1O[C@]1(CCCC)[Sn]([CH2]CCC)([CH2]CCC)[CH2]CCC. The first-order valence-electron chi connectivity index (χ1n) is 11.3. The maximum atomic E-state index is 6.76. The van der Waals surface area contributed by atoms with Gasteiger partial charge in [0.2, 0.25) is 0 Å².